The second kappa shape index (κ2) is 10.5. The van der Waals surface area contributed by atoms with Crippen LogP contribution in [0.5, 0.6) is 5.75 Å². The van der Waals surface area contributed by atoms with Crippen molar-refractivity contribution in [2.24, 2.45) is 0 Å². The molecule has 2 rings (SSSR count). The van der Waals surface area contributed by atoms with Gasteiger partial charge < -0.3 is 10.6 Å². The Bertz CT molecular complexity index is 316. The van der Waals surface area contributed by atoms with E-state index in [4.69, 9.17) is 16.7 Å². The molecule has 0 aliphatic carbocycles. The van der Waals surface area contributed by atoms with Gasteiger partial charge in [0.15, 0.2) is 0 Å². The molecule has 91 valence electrons. The van der Waals surface area contributed by atoms with Crippen molar-refractivity contribution in [2.75, 3.05) is 0 Å². The van der Waals surface area contributed by atoms with Crippen LogP contribution in [0.15, 0.2) is 60.7 Å². The molecule has 0 atom stereocenters. The standard InChI is InChI=1S/C6H5Cl.C6H6O.Cu.H2O/c2*7-6-4-2-1-3-5-6;;/h1-5H;1-5,7H;;1H2/p-1. The Morgan fingerprint density at radius 1 is 0.750 bits per heavy atom. The summed E-state index contributed by atoms with van der Waals surface area (Å²) in [4.78, 5) is 0. The van der Waals surface area contributed by atoms with Crippen molar-refractivity contribution in [3.05, 3.63) is 65.7 Å². The number of para-hydroxylation sites is 1. The molecule has 0 saturated heterocycles. The van der Waals surface area contributed by atoms with E-state index in [1.165, 1.54) is 0 Å². The second-order valence-corrected chi connectivity index (χ2v) is 3.07. The van der Waals surface area contributed by atoms with E-state index in [2.05, 4.69) is 0 Å². The van der Waals surface area contributed by atoms with Crippen LogP contribution in [0, 0.1) is 0 Å². The topological polar surface area (TPSA) is 50.2 Å². The molecule has 2 N–H and O–H groups in total. The van der Waals surface area contributed by atoms with E-state index < -0.39 is 0 Å². The number of aromatic hydroxyl groups is 1. The average molecular weight is 287 g/mol. The van der Waals surface area contributed by atoms with Crippen molar-refractivity contribution in [3.8, 4) is 5.75 Å². The van der Waals surface area contributed by atoms with Crippen LogP contribution >= 0.6 is 11.6 Å². The Kier molecular flexibility index (Phi) is 11.4. The number of hydrogen-bond donors (Lipinski definition) is 1. The minimum atomic E-state index is 0. The molecule has 0 amide bonds. The summed E-state index contributed by atoms with van der Waals surface area (Å²) < 4.78 is 0. The zero-order chi connectivity index (χ0) is 10.2. The fourth-order valence-electron chi connectivity index (χ4n) is 0.843. The SMILES string of the molecule is Clc1ccccc1.Oc1ccccc1.[Cu].[OH-]. The molecule has 0 aliphatic rings. The zero-order valence-electron chi connectivity index (χ0n) is 8.35. The van der Waals surface area contributed by atoms with E-state index in [1.54, 1.807) is 24.3 Å². The van der Waals surface area contributed by atoms with Gasteiger partial charge in [-0.05, 0) is 24.3 Å². The molecule has 0 fully saturated rings. The number of phenolic OH excluding ortho intramolecular Hbond substituents is 1. The number of hydrogen-bond acceptors (Lipinski definition) is 2. The summed E-state index contributed by atoms with van der Waals surface area (Å²) >= 11 is 5.54. The first-order chi connectivity index (χ1) is 6.79. The minimum Gasteiger partial charge on any atom is -0.870 e. The van der Waals surface area contributed by atoms with Gasteiger partial charge in [0.05, 0.1) is 0 Å². The second-order valence-electron chi connectivity index (χ2n) is 2.63. The van der Waals surface area contributed by atoms with Crippen LogP contribution in [0.1, 0.15) is 0 Å². The minimum absolute atomic E-state index is 0. The van der Waals surface area contributed by atoms with Crippen LogP contribution in [-0.4, -0.2) is 10.6 Å². The third-order valence-corrected chi connectivity index (χ3v) is 1.74. The van der Waals surface area contributed by atoms with Crippen LogP contribution in [0.4, 0.5) is 0 Å². The molecule has 0 saturated carbocycles. The van der Waals surface area contributed by atoms with Crippen molar-refractivity contribution in [1.82, 2.24) is 0 Å². The number of benzene rings is 2. The number of halogens is 1. The number of rotatable bonds is 0. The Morgan fingerprint density at radius 2 is 1.12 bits per heavy atom. The van der Waals surface area contributed by atoms with Gasteiger partial charge in [-0.3, -0.25) is 0 Å². The molecule has 2 aromatic rings. The molecular weight excluding hydrogens is 275 g/mol. The molecule has 0 aromatic heterocycles. The summed E-state index contributed by atoms with van der Waals surface area (Å²) in [6.45, 7) is 0. The predicted molar refractivity (Wildman–Crippen MR) is 61.5 cm³/mol. The molecule has 0 unspecified atom stereocenters. The molecule has 4 heteroatoms. The molecule has 16 heavy (non-hydrogen) atoms. The molecule has 0 aliphatic heterocycles. The fraction of sp³-hybridized carbons (Fsp3) is 0. The molecule has 2 aromatic carbocycles. The summed E-state index contributed by atoms with van der Waals surface area (Å²) in [6.07, 6.45) is 0. The summed E-state index contributed by atoms with van der Waals surface area (Å²) in [5, 5.41) is 9.43. The first-order valence-electron chi connectivity index (χ1n) is 4.23. The Labute approximate surface area is 111 Å². The van der Waals surface area contributed by atoms with Crippen molar-refractivity contribution >= 4 is 11.6 Å². The van der Waals surface area contributed by atoms with Crippen LogP contribution in [0.2, 0.25) is 5.02 Å². The van der Waals surface area contributed by atoms with Gasteiger partial charge in [0.1, 0.15) is 5.75 Å². The maximum Gasteiger partial charge on any atom is 0.115 e. The van der Waals surface area contributed by atoms with E-state index in [1.807, 2.05) is 36.4 Å². The van der Waals surface area contributed by atoms with Crippen molar-refractivity contribution in [1.29, 1.82) is 0 Å². The Balaban J connectivity index is 0. The third-order valence-electron chi connectivity index (χ3n) is 1.49. The van der Waals surface area contributed by atoms with Gasteiger partial charge in [-0.25, -0.2) is 0 Å². The molecule has 1 radical (unpaired) electrons. The maximum atomic E-state index is 8.63. The molecule has 0 bridgehead atoms. The van der Waals surface area contributed by atoms with Gasteiger partial charge in [-0.1, -0.05) is 48.0 Å². The van der Waals surface area contributed by atoms with Crippen LogP contribution < -0.4 is 0 Å². The zero-order valence-corrected chi connectivity index (χ0v) is 10.0. The van der Waals surface area contributed by atoms with Crippen molar-refractivity contribution in [2.45, 2.75) is 0 Å². The largest absolute Gasteiger partial charge is 0.870 e. The summed E-state index contributed by atoms with van der Waals surface area (Å²) in [6, 6.07) is 18.2. The Morgan fingerprint density at radius 3 is 1.31 bits per heavy atom. The van der Waals surface area contributed by atoms with E-state index in [-0.39, 0.29) is 22.5 Å². The van der Waals surface area contributed by atoms with Crippen LogP contribution in [0.3, 0.4) is 0 Å². The Hall–Kier alpha value is -0.991. The monoisotopic (exact) mass is 286 g/mol. The van der Waals surface area contributed by atoms with Gasteiger partial charge in [0.2, 0.25) is 0 Å². The molecule has 0 heterocycles. The quantitative estimate of drug-likeness (QED) is 0.753. The maximum absolute atomic E-state index is 8.63. The normalized spacial score (nSPS) is 7.56. The molecule has 2 nitrogen and oxygen atoms in total. The van der Waals surface area contributed by atoms with Gasteiger partial charge in [0.25, 0.3) is 0 Å². The summed E-state index contributed by atoms with van der Waals surface area (Å²) in [7, 11) is 0. The van der Waals surface area contributed by atoms with E-state index in [0.717, 1.165) is 5.02 Å². The summed E-state index contributed by atoms with van der Waals surface area (Å²) in [5.41, 5.74) is 0. The average Bonchev–Trinajstić information content (AvgIpc) is 2.21. The summed E-state index contributed by atoms with van der Waals surface area (Å²) in [5.74, 6) is 0.322. The predicted octanol–water partition coefficient (Wildman–Crippen LogP) is 3.55. The first-order valence-corrected chi connectivity index (χ1v) is 4.61. The number of phenols is 1. The van der Waals surface area contributed by atoms with E-state index in [0.29, 0.717) is 5.75 Å². The van der Waals surface area contributed by atoms with E-state index >= 15 is 0 Å². The van der Waals surface area contributed by atoms with Gasteiger partial charge in [0, 0.05) is 22.1 Å². The van der Waals surface area contributed by atoms with E-state index in [9.17, 15) is 0 Å². The molecular formula is C12H12ClCuO2-. The smallest absolute Gasteiger partial charge is 0.115 e. The van der Waals surface area contributed by atoms with Crippen molar-refractivity contribution in [3.63, 3.8) is 0 Å². The van der Waals surface area contributed by atoms with Crippen molar-refractivity contribution < 1.29 is 27.7 Å². The third kappa shape index (κ3) is 8.33. The fourth-order valence-corrected chi connectivity index (χ4v) is 0.988. The first kappa shape index (κ1) is 17.4. The van der Waals surface area contributed by atoms with Gasteiger partial charge >= 0.3 is 0 Å². The van der Waals surface area contributed by atoms with Crippen LogP contribution in [-0.2, 0) is 17.1 Å². The van der Waals surface area contributed by atoms with Gasteiger partial charge in [-0.15, -0.1) is 0 Å². The molecule has 0 spiro atoms. The van der Waals surface area contributed by atoms with Crippen LogP contribution in [0.25, 0.3) is 0 Å². The van der Waals surface area contributed by atoms with Gasteiger partial charge in [-0.2, -0.15) is 0 Å².